The van der Waals surface area contributed by atoms with Crippen LogP contribution in [0.5, 0.6) is 0 Å². The van der Waals surface area contributed by atoms with E-state index in [1.165, 1.54) is 6.42 Å². The fourth-order valence-corrected chi connectivity index (χ4v) is 1.17. The Morgan fingerprint density at radius 3 is 2.40 bits per heavy atom. The van der Waals surface area contributed by atoms with Crippen molar-refractivity contribution in [1.82, 2.24) is 0 Å². The first-order valence-electron chi connectivity index (χ1n) is 3.83. The molecule has 0 bridgehead atoms. The molecule has 1 atom stereocenters. The van der Waals surface area contributed by atoms with E-state index in [0.717, 1.165) is 25.5 Å². The van der Waals surface area contributed by atoms with Crippen molar-refractivity contribution in [2.45, 2.75) is 43.0 Å². The zero-order valence-electron chi connectivity index (χ0n) is 6.69. The number of carbonyl (C=O) groups is 1. The minimum atomic E-state index is -0.0756. The van der Waals surface area contributed by atoms with Gasteiger partial charge in [0.2, 0.25) is 0 Å². The summed E-state index contributed by atoms with van der Waals surface area (Å²) in [6, 6.07) is 0. The molecule has 0 aromatic heterocycles. The molecule has 0 aliphatic heterocycles. The van der Waals surface area contributed by atoms with E-state index < -0.39 is 0 Å². The zero-order chi connectivity index (χ0) is 8.04. The second kappa shape index (κ2) is 5.10. The van der Waals surface area contributed by atoms with E-state index in [9.17, 15) is 4.79 Å². The summed E-state index contributed by atoms with van der Waals surface area (Å²) in [7, 11) is 0. The van der Waals surface area contributed by atoms with Gasteiger partial charge in [-0.15, -0.1) is 0 Å². The normalized spacial score (nSPS) is 16.3. The molecule has 0 aliphatic carbocycles. The third-order valence-electron chi connectivity index (χ3n) is 1.74. The average Bonchev–Trinajstić information content (AvgIpc) is 2.00. The highest BCUT2D eigenvalue weighted by molar-refractivity contribution is 14.1. The van der Waals surface area contributed by atoms with E-state index in [2.05, 4.69) is 36.4 Å². The first kappa shape index (κ1) is 10.4. The Bertz CT molecular complexity index is 103. The van der Waals surface area contributed by atoms with Crippen molar-refractivity contribution in [2.24, 2.45) is 0 Å². The van der Waals surface area contributed by atoms with Gasteiger partial charge in [0.15, 0.2) is 0 Å². The second-order valence-electron chi connectivity index (χ2n) is 2.61. The molecule has 0 radical (unpaired) electrons. The molecule has 0 aromatic carbocycles. The molecule has 0 spiro atoms. The standard InChI is InChI=1S/C8H15IO/c1-3-5-6-8(9,4-2)7-10/h7H,3-6H2,1-2H3. The van der Waals surface area contributed by atoms with Crippen molar-refractivity contribution in [1.29, 1.82) is 0 Å². The number of aldehydes is 1. The van der Waals surface area contributed by atoms with Crippen LogP contribution in [0.2, 0.25) is 0 Å². The van der Waals surface area contributed by atoms with E-state index in [-0.39, 0.29) is 3.42 Å². The van der Waals surface area contributed by atoms with Gasteiger partial charge in [0, 0.05) is 0 Å². The number of rotatable bonds is 5. The second-order valence-corrected chi connectivity index (χ2v) is 4.76. The molecule has 0 rings (SSSR count). The minimum Gasteiger partial charge on any atom is -0.302 e. The van der Waals surface area contributed by atoms with Gasteiger partial charge in [-0.3, -0.25) is 0 Å². The smallest absolute Gasteiger partial charge is 0.135 e. The van der Waals surface area contributed by atoms with E-state index in [4.69, 9.17) is 0 Å². The van der Waals surface area contributed by atoms with Crippen molar-refractivity contribution in [2.75, 3.05) is 0 Å². The number of unbranched alkanes of at least 4 members (excludes halogenated alkanes) is 1. The van der Waals surface area contributed by atoms with Crippen molar-refractivity contribution in [3.63, 3.8) is 0 Å². The molecule has 0 saturated heterocycles. The number of hydrogen-bond acceptors (Lipinski definition) is 1. The Morgan fingerprint density at radius 2 is 2.10 bits per heavy atom. The molecule has 0 aromatic rings. The van der Waals surface area contributed by atoms with Gasteiger partial charge >= 0.3 is 0 Å². The largest absolute Gasteiger partial charge is 0.302 e. The lowest BCUT2D eigenvalue weighted by Gasteiger charge is -2.17. The van der Waals surface area contributed by atoms with Crippen LogP contribution < -0.4 is 0 Å². The Morgan fingerprint density at radius 1 is 1.50 bits per heavy atom. The molecule has 0 fully saturated rings. The molecule has 0 heterocycles. The summed E-state index contributed by atoms with van der Waals surface area (Å²) in [6.45, 7) is 4.22. The molecular weight excluding hydrogens is 239 g/mol. The van der Waals surface area contributed by atoms with E-state index in [0.29, 0.717) is 0 Å². The third kappa shape index (κ3) is 3.54. The summed E-state index contributed by atoms with van der Waals surface area (Å²) < 4.78 is -0.0756. The fraction of sp³-hybridized carbons (Fsp3) is 0.875. The van der Waals surface area contributed by atoms with Crippen molar-refractivity contribution in [3.8, 4) is 0 Å². The fourth-order valence-electron chi connectivity index (χ4n) is 0.790. The predicted octanol–water partition coefficient (Wildman–Crippen LogP) is 2.96. The monoisotopic (exact) mass is 254 g/mol. The highest BCUT2D eigenvalue weighted by Crippen LogP contribution is 2.26. The first-order valence-corrected chi connectivity index (χ1v) is 4.91. The van der Waals surface area contributed by atoms with Crippen molar-refractivity contribution < 1.29 is 4.79 Å². The van der Waals surface area contributed by atoms with Crippen LogP contribution in [-0.2, 0) is 4.79 Å². The van der Waals surface area contributed by atoms with Gasteiger partial charge in [-0.05, 0) is 12.8 Å². The maximum absolute atomic E-state index is 10.6. The van der Waals surface area contributed by atoms with Crippen LogP contribution >= 0.6 is 22.6 Å². The Balaban J connectivity index is 3.68. The van der Waals surface area contributed by atoms with Gasteiger partial charge in [0.1, 0.15) is 6.29 Å². The number of halogens is 1. The van der Waals surface area contributed by atoms with Crippen LogP contribution in [0.25, 0.3) is 0 Å². The van der Waals surface area contributed by atoms with Gasteiger partial charge in [-0.25, -0.2) is 0 Å². The number of alkyl halides is 1. The van der Waals surface area contributed by atoms with E-state index in [1.807, 2.05) is 0 Å². The topological polar surface area (TPSA) is 17.1 Å². The van der Waals surface area contributed by atoms with Crippen LogP contribution in [0, 0.1) is 0 Å². The van der Waals surface area contributed by atoms with Crippen LogP contribution in [0.3, 0.4) is 0 Å². The van der Waals surface area contributed by atoms with Crippen LogP contribution in [0.4, 0.5) is 0 Å². The summed E-state index contributed by atoms with van der Waals surface area (Å²) in [5, 5.41) is 0. The summed E-state index contributed by atoms with van der Waals surface area (Å²) in [5.41, 5.74) is 0. The van der Waals surface area contributed by atoms with Crippen molar-refractivity contribution in [3.05, 3.63) is 0 Å². The van der Waals surface area contributed by atoms with Gasteiger partial charge in [0.25, 0.3) is 0 Å². The van der Waals surface area contributed by atoms with E-state index >= 15 is 0 Å². The lowest BCUT2D eigenvalue weighted by molar-refractivity contribution is -0.109. The minimum absolute atomic E-state index is 0.0756. The molecule has 0 saturated carbocycles. The van der Waals surface area contributed by atoms with Crippen LogP contribution in [0.15, 0.2) is 0 Å². The van der Waals surface area contributed by atoms with Gasteiger partial charge in [-0.1, -0.05) is 49.3 Å². The Kier molecular flexibility index (Phi) is 5.31. The molecular formula is C8H15IO. The molecule has 1 nitrogen and oxygen atoms in total. The first-order chi connectivity index (χ1) is 4.68. The van der Waals surface area contributed by atoms with Crippen LogP contribution in [-0.4, -0.2) is 9.71 Å². The summed E-state index contributed by atoms with van der Waals surface area (Å²) in [4.78, 5) is 10.6. The molecule has 10 heavy (non-hydrogen) atoms. The lowest BCUT2D eigenvalue weighted by atomic mass is 10.0. The van der Waals surface area contributed by atoms with Crippen molar-refractivity contribution >= 4 is 28.9 Å². The number of hydrogen-bond donors (Lipinski definition) is 0. The lowest BCUT2D eigenvalue weighted by Crippen LogP contribution is -2.20. The van der Waals surface area contributed by atoms with E-state index in [1.54, 1.807) is 0 Å². The summed E-state index contributed by atoms with van der Waals surface area (Å²) in [5.74, 6) is 0. The predicted molar refractivity (Wildman–Crippen MR) is 52.6 cm³/mol. The quantitative estimate of drug-likeness (QED) is 0.419. The van der Waals surface area contributed by atoms with Gasteiger partial charge in [0.05, 0.1) is 3.42 Å². The number of carbonyl (C=O) groups excluding carboxylic acids is 1. The summed E-state index contributed by atoms with van der Waals surface area (Å²) in [6.07, 6.45) is 5.42. The molecule has 0 N–H and O–H groups in total. The van der Waals surface area contributed by atoms with Gasteiger partial charge < -0.3 is 4.79 Å². The molecule has 2 heteroatoms. The Labute approximate surface area is 76.7 Å². The van der Waals surface area contributed by atoms with Crippen LogP contribution in [0.1, 0.15) is 39.5 Å². The third-order valence-corrected chi connectivity index (χ3v) is 3.30. The maximum atomic E-state index is 10.6. The summed E-state index contributed by atoms with van der Waals surface area (Å²) >= 11 is 2.26. The molecule has 0 amide bonds. The molecule has 0 aliphatic rings. The zero-order valence-corrected chi connectivity index (χ0v) is 8.85. The maximum Gasteiger partial charge on any atom is 0.135 e. The average molecular weight is 254 g/mol. The van der Waals surface area contributed by atoms with Gasteiger partial charge in [-0.2, -0.15) is 0 Å². The molecule has 1 unspecified atom stereocenters. The highest BCUT2D eigenvalue weighted by atomic mass is 127. The Hall–Kier alpha value is 0.400. The molecule has 60 valence electrons. The SMILES string of the molecule is CCCCC(I)(C=O)CC. The highest BCUT2D eigenvalue weighted by Gasteiger charge is 2.21.